The van der Waals surface area contributed by atoms with Gasteiger partial charge in [0.1, 0.15) is 0 Å². The van der Waals surface area contributed by atoms with Gasteiger partial charge in [-0.1, -0.05) is 18.2 Å². The third kappa shape index (κ3) is 4.71. The molecule has 0 saturated carbocycles. The average Bonchev–Trinajstić information content (AvgIpc) is 2.40. The number of benzene rings is 1. The molecule has 1 aliphatic heterocycles. The molecular weight excluding hydrogens is 372 g/mol. The van der Waals surface area contributed by atoms with E-state index < -0.39 is 0 Å². The van der Waals surface area contributed by atoms with Crippen molar-refractivity contribution in [3.8, 4) is 0 Å². The Labute approximate surface area is 131 Å². The lowest BCUT2D eigenvalue weighted by atomic mass is 10.0. The minimum atomic E-state index is -0.0322. The molecule has 0 bridgehead atoms. The summed E-state index contributed by atoms with van der Waals surface area (Å²) in [5.41, 5.74) is 3.65. The van der Waals surface area contributed by atoms with Gasteiger partial charge in [-0.2, -0.15) is 0 Å². The Morgan fingerprint density at radius 2 is 2.26 bits per heavy atom. The van der Waals surface area contributed by atoms with Crippen LogP contribution in [0.4, 0.5) is 0 Å². The van der Waals surface area contributed by atoms with E-state index in [0.717, 1.165) is 22.8 Å². The Bertz CT molecular complexity index is 447. The first-order valence-electron chi connectivity index (χ1n) is 6.51. The lowest BCUT2D eigenvalue weighted by Gasteiger charge is -2.23. The van der Waals surface area contributed by atoms with Gasteiger partial charge in [0, 0.05) is 6.61 Å². The first-order chi connectivity index (χ1) is 9.16. The Morgan fingerprint density at radius 1 is 1.42 bits per heavy atom. The molecule has 0 amide bonds. The van der Waals surface area contributed by atoms with Gasteiger partial charge >= 0.3 is 0 Å². The molecule has 0 aromatic heterocycles. The highest BCUT2D eigenvalue weighted by molar-refractivity contribution is 9.28. The zero-order valence-electron chi connectivity index (χ0n) is 11.0. The van der Waals surface area contributed by atoms with Crippen molar-refractivity contribution in [2.24, 2.45) is 0 Å². The van der Waals surface area contributed by atoms with Crippen LogP contribution >= 0.6 is 31.9 Å². The summed E-state index contributed by atoms with van der Waals surface area (Å²) in [4.78, 5) is 0. The van der Waals surface area contributed by atoms with E-state index in [-0.39, 0.29) is 6.29 Å². The molecule has 1 fully saturated rings. The van der Waals surface area contributed by atoms with Gasteiger partial charge < -0.3 is 9.47 Å². The minimum absolute atomic E-state index is 0.0322. The number of hydrogen-bond donors (Lipinski definition) is 0. The van der Waals surface area contributed by atoms with Crippen LogP contribution in [0, 0.1) is 6.92 Å². The molecule has 4 heteroatoms. The standard InChI is InChI=1S/C15H18Br2O2/c1-11-12(9-14(16)17)5-4-6-13(11)10-19-15-7-2-3-8-18-15/h4-6,9,15H,2-3,7-8,10H2,1H3. The number of hydrogen-bond acceptors (Lipinski definition) is 2. The van der Waals surface area contributed by atoms with E-state index >= 15 is 0 Å². The van der Waals surface area contributed by atoms with Crippen LogP contribution in [0.2, 0.25) is 0 Å². The first kappa shape index (κ1) is 15.2. The Balaban J connectivity index is 2.01. The van der Waals surface area contributed by atoms with E-state index in [1.54, 1.807) is 0 Å². The Morgan fingerprint density at radius 3 is 2.95 bits per heavy atom. The van der Waals surface area contributed by atoms with Crippen LogP contribution in [0.3, 0.4) is 0 Å². The SMILES string of the molecule is Cc1c(C=C(Br)Br)cccc1COC1CCCCO1. The van der Waals surface area contributed by atoms with Gasteiger partial charge in [-0.15, -0.1) is 0 Å². The van der Waals surface area contributed by atoms with Gasteiger partial charge in [0.25, 0.3) is 0 Å². The molecule has 2 nitrogen and oxygen atoms in total. The van der Waals surface area contributed by atoms with Crippen LogP contribution < -0.4 is 0 Å². The molecule has 1 saturated heterocycles. The predicted octanol–water partition coefficient (Wildman–Crippen LogP) is 5.13. The molecule has 2 rings (SSSR count). The maximum absolute atomic E-state index is 5.84. The molecule has 1 aromatic carbocycles. The van der Waals surface area contributed by atoms with Crippen LogP contribution in [0.15, 0.2) is 21.6 Å². The highest BCUT2D eigenvalue weighted by atomic mass is 79.9. The minimum Gasteiger partial charge on any atom is -0.353 e. The van der Waals surface area contributed by atoms with E-state index in [2.05, 4.69) is 63.1 Å². The van der Waals surface area contributed by atoms with Crippen molar-refractivity contribution in [1.29, 1.82) is 0 Å². The Kier molecular flexibility index (Phi) is 6.07. The highest BCUT2D eigenvalue weighted by Crippen LogP contribution is 2.23. The fraction of sp³-hybridized carbons (Fsp3) is 0.467. The van der Waals surface area contributed by atoms with Gasteiger partial charge in [-0.05, 0) is 80.8 Å². The van der Waals surface area contributed by atoms with Gasteiger partial charge in [0.05, 0.1) is 10.00 Å². The van der Waals surface area contributed by atoms with Crippen LogP contribution in [0.25, 0.3) is 6.08 Å². The number of rotatable bonds is 4. The van der Waals surface area contributed by atoms with Gasteiger partial charge in [-0.25, -0.2) is 0 Å². The van der Waals surface area contributed by atoms with Crippen molar-refractivity contribution >= 4 is 37.9 Å². The molecule has 0 N–H and O–H groups in total. The van der Waals surface area contributed by atoms with Crippen molar-refractivity contribution < 1.29 is 9.47 Å². The molecule has 0 spiro atoms. The third-order valence-electron chi connectivity index (χ3n) is 3.32. The summed E-state index contributed by atoms with van der Waals surface area (Å²) in [5, 5.41) is 0. The normalized spacial score (nSPS) is 19.2. The second-order valence-corrected chi connectivity index (χ2v) is 7.45. The largest absolute Gasteiger partial charge is 0.353 e. The summed E-state index contributed by atoms with van der Waals surface area (Å²) in [7, 11) is 0. The molecule has 0 radical (unpaired) electrons. The van der Waals surface area contributed by atoms with Crippen molar-refractivity contribution in [3.63, 3.8) is 0 Å². The van der Waals surface area contributed by atoms with Crippen molar-refractivity contribution in [3.05, 3.63) is 38.3 Å². The Hall–Kier alpha value is -0.160. The lowest BCUT2D eigenvalue weighted by Crippen LogP contribution is -2.22. The lowest BCUT2D eigenvalue weighted by molar-refractivity contribution is -0.169. The van der Waals surface area contributed by atoms with Crippen LogP contribution in [-0.4, -0.2) is 12.9 Å². The fourth-order valence-corrected chi connectivity index (χ4v) is 2.65. The summed E-state index contributed by atoms with van der Waals surface area (Å²) in [6.45, 7) is 3.55. The first-order valence-corrected chi connectivity index (χ1v) is 8.10. The van der Waals surface area contributed by atoms with E-state index in [9.17, 15) is 0 Å². The maximum Gasteiger partial charge on any atom is 0.158 e. The smallest absolute Gasteiger partial charge is 0.158 e. The summed E-state index contributed by atoms with van der Waals surface area (Å²) in [5.74, 6) is 0. The molecule has 1 aliphatic rings. The summed E-state index contributed by atoms with van der Waals surface area (Å²) in [6.07, 6.45) is 5.37. The fourth-order valence-electron chi connectivity index (χ4n) is 2.16. The van der Waals surface area contributed by atoms with Crippen molar-refractivity contribution in [1.82, 2.24) is 0 Å². The average molecular weight is 390 g/mol. The maximum atomic E-state index is 5.84. The van der Waals surface area contributed by atoms with Gasteiger partial charge in [-0.3, -0.25) is 0 Å². The van der Waals surface area contributed by atoms with E-state index in [0.29, 0.717) is 6.61 Å². The number of halogens is 2. The predicted molar refractivity (Wildman–Crippen MR) is 85.4 cm³/mol. The van der Waals surface area contributed by atoms with E-state index in [1.165, 1.54) is 23.1 Å². The molecule has 1 aromatic rings. The highest BCUT2D eigenvalue weighted by Gasteiger charge is 2.14. The van der Waals surface area contributed by atoms with E-state index in [1.807, 2.05) is 0 Å². The summed E-state index contributed by atoms with van der Waals surface area (Å²) < 4.78 is 12.4. The van der Waals surface area contributed by atoms with Crippen LogP contribution in [0.1, 0.15) is 36.0 Å². The van der Waals surface area contributed by atoms with Crippen molar-refractivity contribution in [2.75, 3.05) is 6.61 Å². The zero-order valence-corrected chi connectivity index (χ0v) is 14.2. The second kappa shape index (κ2) is 7.58. The molecule has 19 heavy (non-hydrogen) atoms. The molecule has 0 aliphatic carbocycles. The van der Waals surface area contributed by atoms with E-state index in [4.69, 9.17) is 9.47 Å². The summed E-state index contributed by atoms with van der Waals surface area (Å²) >= 11 is 6.80. The van der Waals surface area contributed by atoms with Crippen LogP contribution in [0.5, 0.6) is 0 Å². The van der Waals surface area contributed by atoms with Gasteiger partial charge in [0.2, 0.25) is 0 Å². The topological polar surface area (TPSA) is 18.5 Å². The quantitative estimate of drug-likeness (QED) is 0.710. The molecule has 1 unspecified atom stereocenters. The molecule has 1 atom stereocenters. The molecule has 104 valence electrons. The van der Waals surface area contributed by atoms with Gasteiger partial charge in [0.15, 0.2) is 6.29 Å². The monoisotopic (exact) mass is 388 g/mol. The molecule has 1 heterocycles. The van der Waals surface area contributed by atoms with Crippen LogP contribution in [-0.2, 0) is 16.1 Å². The summed E-state index contributed by atoms with van der Waals surface area (Å²) in [6, 6.07) is 6.26. The zero-order chi connectivity index (χ0) is 13.7. The second-order valence-electron chi connectivity index (χ2n) is 4.67. The van der Waals surface area contributed by atoms with Crippen molar-refractivity contribution in [2.45, 2.75) is 39.1 Å². The third-order valence-corrected chi connectivity index (χ3v) is 3.77. The number of ether oxygens (including phenoxy) is 2. The molecular formula is C15H18Br2O2.